The molecule has 0 saturated carbocycles. The molecule has 2 aromatic rings. The second kappa shape index (κ2) is 6.18. The summed E-state index contributed by atoms with van der Waals surface area (Å²) in [6.45, 7) is 5.08. The summed E-state index contributed by atoms with van der Waals surface area (Å²) in [7, 11) is 0. The number of carbonyl (C=O) groups is 1. The number of hydrogen-bond acceptors (Lipinski definition) is 3. The predicted octanol–water partition coefficient (Wildman–Crippen LogP) is 2.42. The molecule has 2 rings (SSSR count). The van der Waals surface area contributed by atoms with E-state index in [0.29, 0.717) is 12.5 Å². The van der Waals surface area contributed by atoms with Crippen LogP contribution in [0.15, 0.2) is 36.5 Å². The fourth-order valence-corrected chi connectivity index (χ4v) is 1.80. The smallest absolute Gasteiger partial charge is 0.239 e. The van der Waals surface area contributed by atoms with E-state index in [1.165, 1.54) is 0 Å². The van der Waals surface area contributed by atoms with Crippen LogP contribution in [0.2, 0.25) is 0 Å². The van der Waals surface area contributed by atoms with Gasteiger partial charge in [0.1, 0.15) is 5.82 Å². The monoisotopic (exact) mass is 257 g/mol. The highest BCUT2D eigenvalue weighted by molar-refractivity contribution is 5.93. The Morgan fingerprint density at radius 2 is 2.05 bits per heavy atom. The summed E-state index contributed by atoms with van der Waals surface area (Å²) in [6, 6.07) is 9.94. The van der Waals surface area contributed by atoms with Gasteiger partial charge in [-0.2, -0.15) is 0 Å². The summed E-state index contributed by atoms with van der Waals surface area (Å²) in [5.74, 6) is 1.20. The first-order valence-electron chi connectivity index (χ1n) is 6.51. The van der Waals surface area contributed by atoms with Crippen molar-refractivity contribution < 1.29 is 4.79 Å². The third-order valence-electron chi connectivity index (χ3n) is 2.80. The standard InChI is InChI=1S/C15H19N3O/c1-11(2)9-17-14(19)10-18-15-13-6-4-3-5-12(13)7-8-16-15/h3-8,11H,9-10H2,1-2H3,(H,16,18)(H,17,19). The van der Waals surface area contributed by atoms with Gasteiger partial charge in [0.2, 0.25) is 5.91 Å². The molecule has 0 spiro atoms. The van der Waals surface area contributed by atoms with Crippen molar-refractivity contribution >= 4 is 22.5 Å². The van der Waals surface area contributed by atoms with Crippen molar-refractivity contribution in [2.75, 3.05) is 18.4 Å². The molecule has 1 heterocycles. The Hall–Kier alpha value is -2.10. The largest absolute Gasteiger partial charge is 0.360 e. The first kappa shape index (κ1) is 13.3. The number of fused-ring (bicyclic) bond motifs is 1. The summed E-state index contributed by atoms with van der Waals surface area (Å²) in [6.07, 6.45) is 1.75. The van der Waals surface area contributed by atoms with Crippen LogP contribution in [0.3, 0.4) is 0 Å². The highest BCUT2D eigenvalue weighted by atomic mass is 16.1. The molecule has 100 valence electrons. The van der Waals surface area contributed by atoms with Gasteiger partial charge in [0.05, 0.1) is 6.54 Å². The van der Waals surface area contributed by atoms with E-state index in [1.54, 1.807) is 6.20 Å². The molecule has 0 unspecified atom stereocenters. The number of carbonyl (C=O) groups excluding carboxylic acids is 1. The normalized spacial score (nSPS) is 10.7. The van der Waals surface area contributed by atoms with Gasteiger partial charge in [0.15, 0.2) is 0 Å². The zero-order valence-corrected chi connectivity index (χ0v) is 11.3. The van der Waals surface area contributed by atoms with Crippen molar-refractivity contribution in [1.29, 1.82) is 0 Å². The van der Waals surface area contributed by atoms with Crippen molar-refractivity contribution in [3.63, 3.8) is 0 Å². The number of pyridine rings is 1. The van der Waals surface area contributed by atoms with Gasteiger partial charge in [-0.1, -0.05) is 38.1 Å². The maximum absolute atomic E-state index is 11.7. The first-order chi connectivity index (χ1) is 9.16. The van der Waals surface area contributed by atoms with Crippen LogP contribution in [0.4, 0.5) is 5.82 Å². The molecule has 1 amide bonds. The van der Waals surface area contributed by atoms with Gasteiger partial charge < -0.3 is 10.6 Å². The third kappa shape index (κ3) is 3.68. The number of amides is 1. The Labute approximate surface area is 113 Å². The molecule has 0 aliphatic rings. The topological polar surface area (TPSA) is 54.0 Å². The van der Waals surface area contributed by atoms with Crippen LogP contribution < -0.4 is 10.6 Å². The number of rotatable bonds is 5. The molecule has 0 atom stereocenters. The van der Waals surface area contributed by atoms with Gasteiger partial charge in [-0.05, 0) is 17.4 Å². The van der Waals surface area contributed by atoms with Crippen molar-refractivity contribution in [1.82, 2.24) is 10.3 Å². The van der Waals surface area contributed by atoms with Crippen LogP contribution in [-0.2, 0) is 4.79 Å². The minimum atomic E-state index is -0.0107. The SMILES string of the molecule is CC(C)CNC(=O)CNc1nccc2ccccc12. The Kier molecular flexibility index (Phi) is 4.34. The zero-order valence-electron chi connectivity index (χ0n) is 11.3. The van der Waals surface area contributed by atoms with Crippen LogP contribution in [0.25, 0.3) is 10.8 Å². The van der Waals surface area contributed by atoms with Crippen molar-refractivity contribution in [2.24, 2.45) is 5.92 Å². The Morgan fingerprint density at radius 3 is 2.84 bits per heavy atom. The molecular weight excluding hydrogens is 238 g/mol. The molecule has 1 aromatic heterocycles. The number of hydrogen-bond donors (Lipinski definition) is 2. The van der Waals surface area contributed by atoms with E-state index in [0.717, 1.165) is 16.6 Å². The molecule has 4 heteroatoms. The lowest BCUT2D eigenvalue weighted by molar-refractivity contribution is -0.119. The lowest BCUT2D eigenvalue weighted by Gasteiger charge is -2.10. The lowest BCUT2D eigenvalue weighted by atomic mass is 10.1. The van der Waals surface area contributed by atoms with Crippen molar-refractivity contribution in [2.45, 2.75) is 13.8 Å². The van der Waals surface area contributed by atoms with Crippen LogP contribution >= 0.6 is 0 Å². The van der Waals surface area contributed by atoms with Crippen LogP contribution in [0.5, 0.6) is 0 Å². The number of nitrogens with zero attached hydrogens (tertiary/aromatic N) is 1. The highest BCUT2D eigenvalue weighted by Crippen LogP contribution is 2.19. The van der Waals surface area contributed by atoms with Crippen LogP contribution in [0.1, 0.15) is 13.8 Å². The van der Waals surface area contributed by atoms with Crippen LogP contribution in [-0.4, -0.2) is 24.0 Å². The van der Waals surface area contributed by atoms with E-state index in [1.807, 2.05) is 30.3 Å². The molecule has 0 bridgehead atoms. The predicted molar refractivity (Wildman–Crippen MR) is 78.1 cm³/mol. The highest BCUT2D eigenvalue weighted by Gasteiger charge is 2.05. The van der Waals surface area contributed by atoms with Gasteiger partial charge in [-0.3, -0.25) is 4.79 Å². The number of nitrogens with one attached hydrogen (secondary N) is 2. The minimum Gasteiger partial charge on any atom is -0.360 e. The maximum Gasteiger partial charge on any atom is 0.239 e. The van der Waals surface area contributed by atoms with Gasteiger partial charge in [0, 0.05) is 18.1 Å². The Balaban J connectivity index is 2.00. The molecule has 0 aliphatic carbocycles. The summed E-state index contributed by atoms with van der Waals surface area (Å²) < 4.78 is 0. The van der Waals surface area contributed by atoms with E-state index in [2.05, 4.69) is 29.5 Å². The fourth-order valence-electron chi connectivity index (χ4n) is 1.80. The average Bonchev–Trinajstić information content (AvgIpc) is 2.42. The summed E-state index contributed by atoms with van der Waals surface area (Å²) in [4.78, 5) is 15.9. The van der Waals surface area contributed by atoms with Crippen LogP contribution in [0, 0.1) is 5.92 Å². The summed E-state index contributed by atoms with van der Waals surface area (Å²) in [5, 5.41) is 8.10. The van der Waals surface area contributed by atoms with Gasteiger partial charge >= 0.3 is 0 Å². The first-order valence-corrected chi connectivity index (χ1v) is 6.51. The molecule has 0 fully saturated rings. The second-order valence-electron chi connectivity index (χ2n) is 4.93. The van der Waals surface area contributed by atoms with Gasteiger partial charge in [-0.15, -0.1) is 0 Å². The van der Waals surface area contributed by atoms with Gasteiger partial charge in [-0.25, -0.2) is 4.98 Å². The second-order valence-corrected chi connectivity index (χ2v) is 4.93. The zero-order chi connectivity index (χ0) is 13.7. The van der Waals surface area contributed by atoms with E-state index >= 15 is 0 Å². The van der Waals surface area contributed by atoms with E-state index in [9.17, 15) is 4.79 Å². The molecular formula is C15H19N3O. The minimum absolute atomic E-state index is 0.0107. The summed E-state index contributed by atoms with van der Waals surface area (Å²) in [5.41, 5.74) is 0. The summed E-state index contributed by atoms with van der Waals surface area (Å²) >= 11 is 0. The molecule has 0 aliphatic heterocycles. The van der Waals surface area contributed by atoms with E-state index in [4.69, 9.17) is 0 Å². The molecule has 1 aromatic carbocycles. The van der Waals surface area contributed by atoms with Gasteiger partial charge in [0.25, 0.3) is 0 Å². The molecule has 4 nitrogen and oxygen atoms in total. The van der Waals surface area contributed by atoms with Crippen molar-refractivity contribution in [3.05, 3.63) is 36.5 Å². The Bertz CT molecular complexity index is 561. The van der Waals surface area contributed by atoms with E-state index in [-0.39, 0.29) is 12.5 Å². The fraction of sp³-hybridized carbons (Fsp3) is 0.333. The molecule has 19 heavy (non-hydrogen) atoms. The third-order valence-corrected chi connectivity index (χ3v) is 2.80. The maximum atomic E-state index is 11.7. The number of anilines is 1. The molecule has 0 radical (unpaired) electrons. The lowest BCUT2D eigenvalue weighted by Crippen LogP contribution is -2.32. The number of benzene rings is 1. The van der Waals surface area contributed by atoms with Crippen molar-refractivity contribution in [3.8, 4) is 0 Å². The average molecular weight is 257 g/mol. The van der Waals surface area contributed by atoms with E-state index < -0.39 is 0 Å². The quantitative estimate of drug-likeness (QED) is 0.865. The Morgan fingerprint density at radius 1 is 1.26 bits per heavy atom. The molecule has 0 saturated heterocycles. The number of aromatic nitrogens is 1. The molecule has 2 N–H and O–H groups in total.